The van der Waals surface area contributed by atoms with Crippen LogP contribution >= 0.6 is 23.4 Å². The van der Waals surface area contributed by atoms with E-state index in [1.54, 1.807) is 60.7 Å². The lowest BCUT2D eigenvalue weighted by Gasteiger charge is -2.23. The molecule has 0 bridgehead atoms. The molecule has 0 unspecified atom stereocenters. The average Bonchev–Trinajstić information content (AvgIpc) is 2.84. The molecule has 4 nitrogen and oxygen atoms in total. The molecule has 1 N–H and O–H groups in total. The number of anilines is 1. The van der Waals surface area contributed by atoms with Crippen LogP contribution in [0.2, 0.25) is 5.02 Å². The highest BCUT2D eigenvalue weighted by atomic mass is 35.5. The van der Waals surface area contributed by atoms with Crippen molar-refractivity contribution in [2.45, 2.75) is 17.2 Å². The minimum atomic E-state index is -0.453. The van der Waals surface area contributed by atoms with Crippen molar-refractivity contribution in [3.05, 3.63) is 124 Å². The molecule has 168 valence electrons. The monoisotopic (exact) mass is 485 g/mol. The third-order valence-corrected chi connectivity index (χ3v) is 6.77. The number of hydrogen-bond donors (Lipinski definition) is 1. The summed E-state index contributed by atoms with van der Waals surface area (Å²) in [6.07, 6.45) is 0. The van der Waals surface area contributed by atoms with Crippen LogP contribution in [0.3, 0.4) is 0 Å². The SMILES string of the molecule is C.O=C(Nc1ccc(Sc2ccccc2)c2c1C(=O)c1ccccc1C2=O)c1ccccc1Cl. The summed E-state index contributed by atoms with van der Waals surface area (Å²) < 4.78 is 0. The van der Waals surface area contributed by atoms with Crippen LogP contribution in [0.4, 0.5) is 5.69 Å². The molecule has 0 atom stereocenters. The highest BCUT2D eigenvalue weighted by Crippen LogP contribution is 2.40. The Balaban J connectivity index is 0.00000274. The van der Waals surface area contributed by atoms with Crippen molar-refractivity contribution >= 4 is 46.5 Å². The predicted molar refractivity (Wildman–Crippen MR) is 136 cm³/mol. The Hall–Kier alpha value is -3.67. The molecule has 4 aromatic rings. The molecular weight excluding hydrogens is 466 g/mol. The third kappa shape index (κ3) is 4.16. The second-order valence-corrected chi connectivity index (χ2v) is 8.94. The lowest BCUT2D eigenvalue weighted by molar-refractivity contribution is 0.0976. The van der Waals surface area contributed by atoms with Gasteiger partial charge < -0.3 is 5.32 Å². The summed E-state index contributed by atoms with van der Waals surface area (Å²) in [5, 5.41) is 3.09. The molecule has 0 heterocycles. The van der Waals surface area contributed by atoms with Gasteiger partial charge in [0.05, 0.1) is 21.8 Å². The standard InChI is InChI=1S/C27H16ClNO3S.CH4/c28-20-13-7-6-12-19(20)27(32)29-21-14-15-22(33-16-8-2-1-3-9-16)24-23(21)25(30)17-10-4-5-11-18(17)26(24)31;/h1-15H,(H,29,32);1H4. The summed E-state index contributed by atoms with van der Waals surface area (Å²) in [7, 11) is 0. The fourth-order valence-electron chi connectivity index (χ4n) is 3.83. The Bertz CT molecular complexity index is 1430. The summed E-state index contributed by atoms with van der Waals surface area (Å²) in [5.74, 6) is -0.997. The van der Waals surface area contributed by atoms with E-state index in [9.17, 15) is 14.4 Å². The second-order valence-electron chi connectivity index (χ2n) is 7.41. The molecule has 34 heavy (non-hydrogen) atoms. The van der Waals surface area contributed by atoms with Crippen LogP contribution in [0.25, 0.3) is 0 Å². The van der Waals surface area contributed by atoms with Crippen LogP contribution in [0, 0.1) is 0 Å². The molecule has 1 aliphatic rings. The third-order valence-electron chi connectivity index (χ3n) is 5.38. The van der Waals surface area contributed by atoms with Gasteiger partial charge in [-0.15, -0.1) is 0 Å². The zero-order valence-electron chi connectivity index (χ0n) is 17.2. The number of halogens is 1. The molecule has 5 rings (SSSR count). The van der Waals surface area contributed by atoms with Gasteiger partial charge in [0.25, 0.3) is 5.91 Å². The first-order valence-electron chi connectivity index (χ1n) is 10.2. The van der Waals surface area contributed by atoms with E-state index in [1.807, 2.05) is 30.3 Å². The number of benzene rings is 4. The molecule has 0 saturated heterocycles. The van der Waals surface area contributed by atoms with Gasteiger partial charge in [-0.3, -0.25) is 14.4 Å². The van der Waals surface area contributed by atoms with Crippen LogP contribution in [-0.4, -0.2) is 17.5 Å². The van der Waals surface area contributed by atoms with Crippen molar-refractivity contribution in [3.8, 4) is 0 Å². The summed E-state index contributed by atoms with van der Waals surface area (Å²) in [6, 6.07) is 26.5. The number of fused-ring (bicyclic) bond motifs is 2. The highest BCUT2D eigenvalue weighted by Gasteiger charge is 2.34. The van der Waals surface area contributed by atoms with Gasteiger partial charge in [0.2, 0.25) is 0 Å². The Morgan fingerprint density at radius 2 is 1.29 bits per heavy atom. The van der Waals surface area contributed by atoms with Gasteiger partial charge in [0, 0.05) is 26.5 Å². The van der Waals surface area contributed by atoms with E-state index in [-0.39, 0.29) is 35.8 Å². The fraction of sp³-hybridized carbons (Fsp3) is 0.0357. The molecule has 0 saturated carbocycles. The van der Waals surface area contributed by atoms with Crippen LogP contribution in [0.15, 0.2) is 101 Å². The number of rotatable bonds is 4. The van der Waals surface area contributed by atoms with E-state index in [2.05, 4.69) is 5.32 Å². The smallest absolute Gasteiger partial charge is 0.257 e. The van der Waals surface area contributed by atoms with E-state index >= 15 is 0 Å². The number of nitrogens with one attached hydrogen (secondary N) is 1. The van der Waals surface area contributed by atoms with E-state index in [0.717, 1.165) is 4.90 Å². The van der Waals surface area contributed by atoms with Crippen molar-refractivity contribution < 1.29 is 14.4 Å². The zero-order chi connectivity index (χ0) is 22.9. The van der Waals surface area contributed by atoms with E-state index in [4.69, 9.17) is 11.6 Å². The molecular formula is C28H20ClNO3S. The maximum absolute atomic E-state index is 13.5. The summed E-state index contributed by atoms with van der Waals surface area (Å²) in [4.78, 5) is 41.6. The highest BCUT2D eigenvalue weighted by molar-refractivity contribution is 7.99. The van der Waals surface area contributed by atoms with Gasteiger partial charge in [-0.1, -0.05) is 85.4 Å². The van der Waals surface area contributed by atoms with Crippen molar-refractivity contribution in [2.24, 2.45) is 0 Å². The first-order chi connectivity index (χ1) is 16.0. The molecule has 6 heteroatoms. The lowest BCUT2D eigenvalue weighted by atomic mass is 9.83. The van der Waals surface area contributed by atoms with Crippen molar-refractivity contribution in [3.63, 3.8) is 0 Å². The van der Waals surface area contributed by atoms with Gasteiger partial charge in [0.15, 0.2) is 11.6 Å². The average molecular weight is 486 g/mol. The van der Waals surface area contributed by atoms with Crippen LogP contribution in [-0.2, 0) is 0 Å². The van der Waals surface area contributed by atoms with Gasteiger partial charge in [-0.2, -0.15) is 0 Å². The topological polar surface area (TPSA) is 63.2 Å². The minimum absolute atomic E-state index is 0. The number of amides is 1. The summed E-state index contributed by atoms with van der Waals surface area (Å²) >= 11 is 7.58. The number of hydrogen-bond acceptors (Lipinski definition) is 4. The fourth-order valence-corrected chi connectivity index (χ4v) is 5.03. The molecule has 0 fully saturated rings. The summed E-state index contributed by atoms with van der Waals surface area (Å²) in [5.41, 5.74) is 1.74. The second kappa shape index (κ2) is 9.67. The minimum Gasteiger partial charge on any atom is -0.321 e. The van der Waals surface area contributed by atoms with E-state index in [0.29, 0.717) is 26.6 Å². The van der Waals surface area contributed by atoms with Crippen LogP contribution in [0.5, 0.6) is 0 Å². The quantitative estimate of drug-likeness (QED) is 0.293. The zero-order valence-corrected chi connectivity index (χ0v) is 18.7. The first-order valence-corrected chi connectivity index (χ1v) is 11.4. The van der Waals surface area contributed by atoms with Crippen LogP contribution < -0.4 is 5.32 Å². The van der Waals surface area contributed by atoms with Gasteiger partial charge in [0.1, 0.15) is 0 Å². The maximum Gasteiger partial charge on any atom is 0.257 e. The molecule has 0 spiro atoms. The maximum atomic E-state index is 13.5. The number of carbonyl (C=O) groups excluding carboxylic acids is 3. The van der Waals surface area contributed by atoms with Crippen molar-refractivity contribution in [1.82, 2.24) is 0 Å². The molecule has 0 aliphatic heterocycles. The normalized spacial score (nSPS) is 11.8. The molecule has 0 radical (unpaired) electrons. The van der Waals surface area contributed by atoms with E-state index in [1.165, 1.54) is 11.8 Å². The first kappa shape index (κ1) is 23.5. The molecule has 4 aromatic carbocycles. The number of carbonyl (C=O) groups is 3. The van der Waals surface area contributed by atoms with Gasteiger partial charge >= 0.3 is 0 Å². The van der Waals surface area contributed by atoms with Crippen molar-refractivity contribution in [2.75, 3.05) is 5.32 Å². The lowest BCUT2D eigenvalue weighted by Crippen LogP contribution is -2.24. The van der Waals surface area contributed by atoms with Crippen molar-refractivity contribution in [1.29, 1.82) is 0 Å². The number of ketones is 2. The predicted octanol–water partition coefficient (Wildman–Crippen LogP) is 7.16. The summed E-state index contributed by atoms with van der Waals surface area (Å²) in [6.45, 7) is 0. The Morgan fingerprint density at radius 3 is 1.97 bits per heavy atom. The molecule has 1 aliphatic carbocycles. The molecule has 1 amide bonds. The largest absolute Gasteiger partial charge is 0.321 e. The van der Waals surface area contributed by atoms with Gasteiger partial charge in [-0.05, 0) is 36.4 Å². The Kier molecular flexibility index (Phi) is 6.68. The molecule has 0 aromatic heterocycles. The van der Waals surface area contributed by atoms with Crippen LogP contribution in [0.1, 0.15) is 49.6 Å². The Morgan fingerprint density at radius 1 is 0.706 bits per heavy atom. The van der Waals surface area contributed by atoms with Gasteiger partial charge in [-0.25, -0.2) is 0 Å². The van der Waals surface area contributed by atoms with E-state index < -0.39 is 5.91 Å². The Labute approximate surface area is 207 Å².